The van der Waals surface area contributed by atoms with Crippen LogP contribution in [0.25, 0.3) is 6.08 Å². The van der Waals surface area contributed by atoms with Crippen molar-refractivity contribution >= 4 is 27.9 Å². The SMILES string of the molecule is CCOc1cc(Br)c(/C=C(\C#N)C(=O)NCc2ccc(OC)cc2)cc1OC. The fourth-order valence-corrected chi connectivity index (χ4v) is 2.85. The highest BCUT2D eigenvalue weighted by atomic mass is 79.9. The van der Waals surface area contributed by atoms with E-state index in [0.29, 0.717) is 34.7 Å². The van der Waals surface area contributed by atoms with Gasteiger partial charge < -0.3 is 19.5 Å². The van der Waals surface area contributed by atoms with E-state index in [-0.39, 0.29) is 5.57 Å². The van der Waals surface area contributed by atoms with Gasteiger partial charge in [-0.2, -0.15) is 5.26 Å². The van der Waals surface area contributed by atoms with Crippen LogP contribution in [0.1, 0.15) is 18.1 Å². The maximum atomic E-state index is 12.4. The number of carbonyl (C=O) groups excluding carboxylic acids is 1. The number of nitriles is 1. The molecule has 2 rings (SSSR count). The molecule has 1 N–H and O–H groups in total. The van der Waals surface area contributed by atoms with Crippen LogP contribution in [0.4, 0.5) is 0 Å². The summed E-state index contributed by atoms with van der Waals surface area (Å²) in [6.07, 6.45) is 1.51. The average molecular weight is 445 g/mol. The second kappa shape index (κ2) is 10.4. The van der Waals surface area contributed by atoms with Gasteiger partial charge in [0.15, 0.2) is 11.5 Å². The Hall–Kier alpha value is -2.98. The third-order valence-corrected chi connectivity index (χ3v) is 4.55. The standard InChI is InChI=1S/C21H21BrN2O4/c1-4-28-20-11-18(22)15(10-19(20)27-3)9-16(12-23)21(25)24-13-14-5-7-17(26-2)8-6-14/h5-11H,4,13H2,1-3H3,(H,24,25)/b16-9+. The van der Waals surface area contributed by atoms with Gasteiger partial charge in [0.25, 0.3) is 5.91 Å². The molecule has 6 nitrogen and oxygen atoms in total. The summed E-state index contributed by atoms with van der Waals surface area (Å²) in [4.78, 5) is 12.4. The number of benzene rings is 2. The van der Waals surface area contributed by atoms with E-state index in [1.54, 1.807) is 19.2 Å². The van der Waals surface area contributed by atoms with E-state index in [1.807, 2.05) is 37.3 Å². The summed E-state index contributed by atoms with van der Waals surface area (Å²) in [7, 11) is 3.13. The van der Waals surface area contributed by atoms with Crippen molar-refractivity contribution in [3.05, 3.63) is 57.6 Å². The third kappa shape index (κ3) is 5.51. The Balaban J connectivity index is 2.17. The van der Waals surface area contributed by atoms with Gasteiger partial charge in [-0.15, -0.1) is 0 Å². The minimum atomic E-state index is -0.460. The van der Waals surface area contributed by atoms with Gasteiger partial charge in [-0.3, -0.25) is 4.79 Å². The molecule has 0 radical (unpaired) electrons. The Morgan fingerprint density at radius 1 is 1.18 bits per heavy atom. The number of rotatable bonds is 8. The molecule has 0 aliphatic carbocycles. The van der Waals surface area contributed by atoms with Gasteiger partial charge in [-0.1, -0.05) is 28.1 Å². The van der Waals surface area contributed by atoms with Crippen molar-refractivity contribution in [1.82, 2.24) is 5.32 Å². The monoisotopic (exact) mass is 444 g/mol. The maximum absolute atomic E-state index is 12.4. The van der Waals surface area contributed by atoms with Crippen molar-refractivity contribution in [2.45, 2.75) is 13.5 Å². The van der Waals surface area contributed by atoms with E-state index in [9.17, 15) is 10.1 Å². The van der Waals surface area contributed by atoms with Crippen LogP contribution in [0.2, 0.25) is 0 Å². The molecule has 2 aromatic rings. The molecule has 0 saturated heterocycles. The summed E-state index contributed by atoms with van der Waals surface area (Å²) in [5.74, 6) is 1.38. The van der Waals surface area contributed by atoms with E-state index in [4.69, 9.17) is 14.2 Å². The van der Waals surface area contributed by atoms with Gasteiger partial charge in [-0.25, -0.2) is 0 Å². The largest absolute Gasteiger partial charge is 0.497 e. The van der Waals surface area contributed by atoms with Gasteiger partial charge >= 0.3 is 0 Å². The number of hydrogen-bond donors (Lipinski definition) is 1. The number of methoxy groups -OCH3 is 2. The molecule has 0 aliphatic rings. The summed E-state index contributed by atoms with van der Waals surface area (Å²) >= 11 is 3.44. The smallest absolute Gasteiger partial charge is 0.262 e. The summed E-state index contributed by atoms with van der Waals surface area (Å²) in [5, 5.41) is 12.2. The molecule has 0 saturated carbocycles. The van der Waals surface area contributed by atoms with Gasteiger partial charge in [0, 0.05) is 11.0 Å². The van der Waals surface area contributed by atoms with Gasteiger partial charge in [0.2, 0.25) is 0 Å². The van der Waals surface area contributed by atoms with E-state index < -0.39 is 5.91 Å². The molecule has 0 heterocycles. The predicted octanol–water partition coefficient (Wildman–Crippen LogP) is 4.09. The van der Waals surface area contributed by atoms with Crippen LogP contribution in [-0.4, -0.2) is 26.7 Å². The van der Waals surface area contributed by atoms with Crippen LogP contribution in [0, 0.1) is 11.3 Å². The van der Waals surface area contributed by atoms with Gasteiger partial charge in [-0.05, 0) is 48.4 Å². The number of ether oxygens (including phenoxy) is 3. The van der Waals surface area contributed by atoms with E-state index in [1.165, 1.54) is 13.2 Å². The first-order chi connectivity index (χ1) is 13.5. The lowest BCUT2D eigenvalue weighted by Gasteiger charge is -2.12. The zero-order valence-electron chi connectivity index (χ0n) is 15.9. The quantitative estimate of drug-likeness (QED) is 0.489. The second-order valence-electron chi connectivity index (χ2n) is 5.66. The van der Waals surface area contributed by atoms with Crippen LogP contribution >= 0.6 is 15.9 Å². The summed E-state index contributed by atoms with van der Waals surface area (Å²) in [5.41, 5.74) is 1.52. The molecule has 28 heavy (non-hydrogen) atoms. The Morgan fingerprint density at radius 2 is 1.89 bits per heavy atom. The highest BCUT2D eigenvalue weighted by Gasteiger charge is 2.13. The fourth-order valence-electron chi connectivity index (χ4n) is 2.41. The van der Waals surface area contributed by atoms with Crippen molar-refractivity contribution in [2.24, 2.45) is 0 Å². The molecule has 0 aromatic heterocycles. The Kier molecular flexibility index (Phi) is 7.90. The minimum Gasteiger partial charge on any atom is -0.497 e. The molecule has 146 valence electrons. The fraction of sp³-hybridized carbons (Fsp3) is 0.238. The van der Waals surface area contributed by atoms with E-state index >= 15 is 0 Å². The Morgan fingerprint density at radius 3 is 2.46 bits per heavy atom. The molecule has 0 bridgehead atoms. The number of amides is 1. The normalized spacial score (nSPS) is 10.8. The number of hydrogen-bond acceptors (Lipinski definition) is 5. The maximum Gasteiger partial charge on any atom is 0.262 e. The Bertz CT molecular complexity index is 902. The van der Waals surface area contributed by atoms with Crippen LogP contribution in [0.15, 0.2) is 46.4 Å². The lowest BCUT2D eigenvalue weighted by atomic mass is 10.1. The van der Waals surface area contributed by atoms with Crippen molar-refractivity contribution in [2.75, 3.05) is 20.8 Å². The highest BCUT2D eigenvalue weighted by molar-refractivity contribution is 9.10. The molecule has 7 heteroatoms. The molecule has 0 aliphatic heterocycles. The zero-order valence-corrected chi connectivity index (χ0v) is 17.5. The average Bonchev–Trinajstić information content (AvgIpc) is 2.72. The summed E-state index contributed by atoms with van der Waals surface area (Å²) < 4.78 is 16.6. The van der Waals surface area contributed by atoms with E-state index in [0.717, 1.165) is 11.3 Å². The number of carbonyl (C=O) groups is 1. The summed E-state index contributed by atoms with van der Waals surface area (Å²) in [6, 6.07) is 12.7. The third-order valence-electron chi connectivity index (χ3n) is 3.86. The molecule has 2 aromatic carbocycles. The van der Waals surface area contributed by atoms with Crippen molar-refractivity contribution < 1.29 is 19.0 Å². The van der Waals surface area contributed by atoms with Crippen LogP contribution in [0.3, 0.4) is 0 Å². The van der Waals surface area contributed by atoms with Crippen LogP contribution in [-0.2, 0) is 11.3 Å². The van der Waals surface area contributed by atoms with E-state index in [2.05, 4.69) is 21.2 Å². The van der Waals surface area contributed by atoms with Crippen LogP contribution < -0.4 is 19.5 Å². The lowest BCUT2D eigenvalue weighted by Crippen LogP contribution is -2.23. The summed E-state index contributed by atoms with van der Waals surface area (Å²) in [6.45, 7) is 2.67. The molecule has 0 atom stereocenters. The predicted molar refractivity (Wildman–Crippen MR) is 110 cm³/mol. The second-order valence-corrected chi connectivity index (χ2v) is 6.51. The lowest BCUT2D eigenvalue weighted by molar-refractivity contribution is -0.117. The number of nitrogens with one attached hydrogen (secondary N) is 1. The first kappa shape index (κ1) is 21.3. The number of nitrogens with zero attached hydrogens (tertiary/aromatic N) is 1. The van der Waals surface area contributed by atoms with Crippen molar-refractivity contribution in [1.29, 1.82) is 5.26 Å². The molecule has 0 unspecified atom stereocenters. The van der Waals surface area contributed by atoms with Gasteiger partial charge in [0.05, 0.1) is 20.8 Å². The minimum absolute atomic E-state index is 0.0135. The Labute approximate surface area is 172 Å². The molecule has 0 spiro atoms. The first-order valence-corrected chi connectivity index (χ1v) is 9.34. The highest BCUT2D eigenvalue weighted by Crippen LogP contribution is 2.34. The molecule has 1 amide bonds. The number of halogens is 1. The molecular formula is C21H21BrN2O4. The van der Waals surface area contributed by atoms with Crippen molar-refractivity contribution in [3.8, 4) is 23.3 Å². The molecular weight excluding hydrogens is 424 g/mol. The van der Waals surface area contributed by atoms with Crippen molar-refractivity contribution in [3.63, 3.8) is 0 Å². The van der Waals surface area contributed by atoms with Crippen LogP contribution in [0.5, 0.6) is 17.2 Å². The topological polar surface area (TPSA) is 80.6 Å². The zero-order chi connectivity index (χ0) is 20.5. The van der Waals surface area contributed by atoms with Gasteiger partial charge in [0.1, 0.15) is 17.4 Å². The molecule has 0 fully saturated rings. The first-order valence-electron chi connectivity index (χ1n) is 8.55.